The number of allylic oxidation sites excluding steroid dienone is 2. The number of nitrogens with two attached hydrogens (primary N) is 1. The molecule has 0 unspecified atom stereocenters. The SMILES string of the molecule is C=CC(=C)Nc1ccc(F)c(Nc2nc(N/C(C=NC)=C/N)ncc2-c2ccc(C3=CCN(C)CC3)c(F)c2)c1. The molecule has 10 heteroatoms. The first-order valence-electron chi connectivity index (χ1n) is 12.6. The molecule has 8 nitrogen and oxygen atoms in total. The summed E-state index contributed by atoms with van der Waals surface area (Å²) in [5, 5.41) is 9.06. The van der Waals surface area contributed by atoms with Gasteiger partial charge in [-0.15, -0.1) is 0 Å². The largest absolute Gasteiger partial charge is 0.403 e. The minimum absolute atomic E-state index is 0.144. The molecule has 0 fully saturated rings. The Labute approximate surface area is 232 Å². The molecule has 3 aromatic rings. The van der Waals surface area contributed by atoms with Crippen molar-refractivity contribution in [1.29, 1.82) is 0 Å². The van der Waals surface area contributed by atoms with Crippen molar-refractivity contribution in [3.05, 3.63) is 103 Å². The van der Waals surface area contributed by atoms with Crippen LogP contribution < -0.4 is 21.7 Å². The quantitative estimate of drug-likeness (QED) is 0.187. The van der Waals surface area contributed by atoms with E-state index in [-0.39, 0.29) is 23.3 Å². The molecule has 1 aliphatic rings. The molecule has 0 atom stereocenters. The van der Waals surface area contributed by atoms with E-state index >= 15 is 4.39 Å². The normalized spacial score (nSPS) is 14.1. The lowest BCUT2D eigenvalue weighted by Gasteiger charge is -2.22. The van der Waals surface area contributed by atoms with Crippen LogP contribution in [-0.2, 0) is 0 Å². The van der Waals surface area contributed by atoms with Crippen LogP contribution >= 0.6 is 0 Å². The Morgan fingerprint density at radius 2 is 1.95 bits per heavy atom. The van der Waals surface area contributed by atoms with E-state index in [1.807, 2.05) is 19.2 Å². The second-order valence-corrected chi connectivity index (χ2v) is 9.20. The van der Waals surface area contributed by atoms with Gasteiger partial charge >= 0.3 is 0 Å². The zero-order valence-electron chi connectivity index (χ0n) is 22.5. The van der Waals surface area contributed by atoms with E-state index in [9.17, 15) is 4.39 Å². The first-order chi connectivity index (χ1) is 19.3. The van der Waals surface area contributed by atoms with Crippen molar-refractivity contribution < 1.29 is 8.78 Å². The van der Waals surface area contributed by atoms with Crippen molar-refractivity contribution in [1.82, 2.24) is 14.9 Å². The Morgan fingerprint density at radius 3 is 2.62 bits per heavy atom. The van der Waals surface area contributed by atoms with Crippen LogP contribution in [0.1, 0.15) is 12.0 Å². The predicted octanol–water partition coefficient (Wildman–Crippen LogP) is 5.91. The van der Waals surface area contributed by atoms with Gasteiger partial charge in [-0.3, -0.25) is 4.99 Å². The van der Waals surface area contributed by atoms with Gasteiger partial charge in [-0.1, -0.05) is 31.4 Å². The molecule has 5 N–H and O–H groups in total. The van der Waals surface area contributed by atoms with Crippen LogP contribution in [-0.4, -0.2) is 48.3 Å². The molecular formula is C30H32F2N8. The number of hydrogen-bond donors (Lipinski definition) is 4. The molecule has 2 heterocycles. The van der Waals surface area contributed by atoms with Crippen LogP contribution in [0.2, 0.25) is 0 Å². The molecule has 0 radical (unpaired) electrons. The van der Waals surface area contributed by atoms with E-state index in [2.05, 4.69) is 49.0 Å². The van der Waals surface area contributed by atoms with Gasteiger partial charge < -0.3 is 26.6 Å². The summed E-state index contributed by atoms with van der Waals surface area (Å²) in [5.41, 5.74) is 9.97. The fourth-order valence-electron chi connectivity index (χ4n) is 4.15. The van der Waals surface area contributed by atoms with Crippen molar-refractivity contribution in [3.8, 4) is 11.1 Å². The first-order valence-corrected chi connectivity index (χ1v) is 12.6. The Kier molecular flexibility index (Phi) is 9.03. The van der Waals surface area contributed by atoms with Gasteiger partial charge in [0.05, 0.1) is 11.4 Å². The van der Waals surface area contributed by atoms with Crippen LogP contribution in [0.3, 0.4) is 0 Å². The Bertz CT molecular complexity index is 1510. The maximum atomic E-state index is 15.4. The van der Waals surface area contributed by atoms with Gasteiger partial charge in [0, 0.05) is 61.3 Å². The van der Waals surface area contributed by atoms with Crippen molar-refractivity contribution in [2.24, 2.45) is 10.7 Å². The van der Waals surface area contributed by atoms with Gasteiger partial charge in [0.25, 0.3) is 0 Å². The molecular weight excluding hydrogens is 510 g/mol. The number of aromatic nitrogens is 2. The van der Waals surface area contributed by atoms with Crippen LogP contribution in [0.25, 0.3) is 16.7 Å². The molecule has 0 amide bonds. The summed E-state index contributed by atoms with van der Waals surface area (Å²) in [5.74, 6) is -0.419. The number of nitrogens with one attached hydrogen (secondary N) is 3. The molecule has 1 aliphatic heterocycles. The zero-order valence-corrected chi connectivity index (χ0v) is 22.5. The van der Waals surface area contributed by atoms with Crippen molar-refractivity contribution >= 4 is 34.9 Å². The van der Waals surface area contributed by atoms with Gasteiger partial charge in [0.2, 0.25) is 5.95 Å². The summed E-state index contributed by atoms with van der Waals surface area (Å²) in [7, 11) is 3.64. The molecule has 0 spiro atoms. The van der Waals surface area contributed by atoms with Gasteiger partial charge in [-0.2, -0.15) is 4.98 Å². The third-order valence-corrected chi connectivity index (χ3v) is 6.30. The highest BCUT2D eigenvalue weighted by Crippen LogP contribution is 2.34. The number of benzene rings is 2. The number of nitrogens with zero attached hydrogens (tertiary/aromatic N) is 4. The number of halogens is 2. The van der Waals surface area contributed by atoms with Crippen LogP contribution in [0, 0.1) is 11.6 Å². The second kappa shape index (κ2) is 12.8. The molecule has 0 saturated heterocycles. The molecule has 1 aromatic heterocycles. The summed E-state index contributed by atoms with van der Waals surface area (Å²) in [4.78, 5) is 15.1. The number of aliphatic imine (C=N–C) groups is 1. The van der Waals surface area contributed by atoms with E-state index in [0.717, 1.165) is 25.1 Å². The molecule has 206 valence electrons. The molecule has 0 saturated carbocycles. The van der Waals surface area contributed by atoms with Gasteiger partial charge in [0.1, 0.15) is 17.5 Å². The van der Waals surface area contributed by atoms with Crippen LogP contribution in [0.4, 0.5) is 31.9 Å². The van der Waals surface area contributed by atoms with Crippen molar-refractivity contribution in [2.45, 2.75) is 6.42 Å². The minimum Gasteiger partial charge on any atom is -0.403 e. The standard InChI is InChI=1S/C30H32F2N8/c1-5-19(2)36-22-7-9-26(31)28(15-22)38-29-25(18-35-30(39-29)37-23(16-33)17-34-3)21-6-8-24(27(32)14-21)20-10-12-40(4)13-11-20/h5-10,14-18,36H,1-2,11-13,33H2,3-4H3,(H2,35,37,38,39)/b23-16+,34-17?. The smallest absolute Gasteiger partial charge is 0.229 e. The van der Waals surface area contributed by atoms with Crippen LogP contribution in [0.15, 0.2) is 90.5 Å². The number of rotatable bonds is 10. The average molecular weight is 543 g/mol. The van der Waals surface area contributed by atoms with Gasteiger partial charge in [-0.05, 0) is 54.9 Å². The molecule has 40 heavy (non-hydrogen) atoms. The minimum atomic E-state index is -0.509. The summed E-state index contributed by atoms with van der Waals surface area (Å²) >= 11 is 0. The number of anilines is 4. The molecule has 0 aliphatic carbocycles. The third-order valence-electron chi connectivity index (χ3n) is 6.30. The fourth-order valence-corrected chi connectivity index (χ4v) is 4.15. The fraction of sp³-hybridized carbons (Fsp3) is 0.167. The predicted molar refractivity (Wildman–Crippen MR) is 160 cm³/mol. The van der Waals surface area contributed by atoms with Crippen LogP contribution in [0.5, 0.6) is 0 Å². The van der Waals surface area contributed by atoms with Crippen molar-refractivity contribution in [3.63, 3.8) is 0 Å². The zero-order chi connectivity index (χ0) is 28.6. The first kappa shape index (κ1) is 28.2. The summed E-state index contributed by atoms with van der Waals surface area (Å²) in [6.45, 7) is 9.15. The lowest BCUT2D eigenvalue weighted by atomic mass is 9.96. The van der Waals surface area contributed by atoms with E-state index < -0.39 is 5.82 Å². The average Bonchev–Trinajstić information content (AvgIpc) is 2.95. The monoisotopic (exact) mass is 542 g/mol. The maximum absolute atomic E-state index is 15.4. The molecule has 2 aromatic carbocycles. The third kappa shape index (κ3) is 6.78. The Morgan fingerprint density at radius 1 is 1.12 bits per heavy atom. The second-order valence-electron chi connectivity index (χ2n) is 9.20. The highest BCUT2D eigenvalue weighted by atomic mass is 19.1. The van der Waals surface area contributed by atoms with Gasteiger partial charge in [-0.25, -0.2) is 13.8 Å². The molecule has 0 bridgehead atoms. The number of likely N-dealkylation sites (N-methyl/N-ethyl adjacent to an activating group) is 1. The summed E-state index contributed by atoms with van der Waals surface area (Å²) < 4.78 is 30.3. The lowest BCUT2D eigenvalue weighted by Crippen LogP contribution is -2.23. The van der Waals surface area contributed by atoms with Gasteiger partial charge in [0.15, 0.2) is 0 Å². The number of hydrogen-bond acceptors (Lipinski definition) is 8. The topological polar surface area (TPSA) is 103 Å². The maximum Gasteiger partial charge on any atom is 0.229 e. The van der Waals surface area contributed by atoms with E-state index in [1.54, 1.807) is 31.3 Å². The van der Waals surface area contributed by atoms with E-state index in [0.29, 0.717) is 33.8 Å². The summed E-state index contributed by atoms with van der Waals surface area (Å²) in [6.07, 6.45) is 8.74. The Balaban J connectivity index is 1.75. The van der Waals surface area contributed by atoms with E-state index in [4.69, 9.17) is 5.73 Å². The van der Waals surface area contributed by atoms with E-state index in [1.165, 1.54) is 30.7 Å². The highest BCUT2D eigenvalue weighted by molar-refractivity contribution is 5.84. The highest BCUT2D eigenvalue weighted by Gasteiger charge is 2.17. The van der Waals surface area contributed by atoms with Crippen molar-refractivity contribution in [2.75, 3.05) is 43.1 Å². The summed E-state index contributed by atoms with van der Waals surface area (Å²) in [6, 6.07) is 9.49. The Hall–Kier alpha value is -4.83. The lowest BCUT2D eigenvalue weighted by molar-refractivity contribution is 0.369. The molecule has 4 rings (SSSR count).